The number of hydrogen-bond acceptors (Lipinski definition) is 4. The summed E-state index contributed by atoms with van der Waals surface area (Å²) in [6.07, 6.45) is 0.361. The van der Waals surface area contributed by atoms with Crippen LogP contribution in [0.4, 0.5) is 10.9 Å². The molecule has 7 heteroatoms. The average molecular weight is 328 g/mol. The first-order chi connectivity index (χ1) is 9.58. The first-order valence-electron chi connectivity index (χ1n) is 6.01. The van der Waals surface area contributed by atoms with Crippen LogP contribution in [0.5, 0.6) is 0 Å². The maximum atomic E-state index is 11.8. The van der Waals surface area contributed by atoms with E-state index >= 15 is 0 Å². The zero-order chi connectivity index (χ0) is 14.3. The highest BCUT2D eigenvalue weighted by atomic mass is 35.5. The molecule has 2 heterocycles. The molecule has 1 aliphatic rings. The van der Waals surface area contributed by atoms with Gasteiger partial charge in [-0.15, -0.1) is 0 Å². The molecule has 2 N–H and O–H groups in total. The highest BCUT2D eigenvalue weighted by Crippen LogP contribution is 2.44. The summed E-state index contributed by atoms with van der Waals surface area (Å²) in [6, 6.07) is 5.36. The second kappa shape index (κ2) is 5.24. The van der Waals surface area contributed by atoms with E-state index in [0.29, 0.717) is 22.3 Å². The van der Waals surface area contributed by atoms with Crippen molar-refractivity contribution in [3.8, 4) is 0 Å². The Bertz CT molecular complexity index is 686. The van der Waals surface area contributed by atoms with Crippen molar-refractivity contribution in [2.45, 2.75) is 12.3 Å². The van der Waals surface area contributed by atoms with Crippen molar-refractivity contribution in [2.24, 2.45) is 0 Å². The van der Waals surface area contributed by atoms with Gasteiger partial charge >= 0.3 is 0 Å². The molecule has 1 atom stereocenters. The Labute approximate surface area is 130 Å². The second-order valence-corrected chi connectivity index (χ2v) is 6.33. The van der Waals surface area contributed by atoms with E-state index in [1.54, 1.807) is 19.2 Å². The number of nitrogens with one attached hydrogen (secondary N) is 2. The van der Waals surface area contributed by atoms with Crippen molar-refractivity contribution < 1.29 is 4.79 Å². The molecule has 0 aliphatic carbocycles. The van der Waals surface area contributed by atoms with Gasteiger partial charge in [-0.25, -0.2) is 4.98 Å². The highest BCUT2D eigenvalue weighted by molar-refractivity contribution is 7.16. The predicted octanol–water partition coefficient (Wildman–Crippen LogP) is 3.97. The normalized spacial score (nSPS) is 17.6. The van der Waals surface area contributed by atoms with Gasteiger partial charge in [-0.1, -0.05) is 40.6 Å². The molecule has 0 bridgehead atoms. The second-order valence-electron chi connectivity index (χ2n) is 4.45. The standard InChI is InChI=1S/C13H11Cl2N3OS/c1-16-13-18-12-11(20-13)8(5-10(19)17-12)7-3-2-6(14)4-9(7)15/h2-4,8H,5H2,1H3,(H,16,18)(H,17,19)/t8-/m1/s1. The molecule has 0 unspecified atom stereocenters. The molecule has 1 aromatic carbocycles. The van der Waals surface area contributed by atoms with Crippen LogP contribution in [0.25, 0.3) is 0 Å². The third-order valence-electron chi connectivity index (χ3n) is 3.17. The number of nitrogens with zero attached hydrogens (tertiary/aromatic N) is 1. The lowest BCUT2D eigenvalue weighted by Crippen LogP contribution is -2.22. The van der Waals surface area contributed by atoms with Gasteiger partial charge in [0.2, 0.25) is 5.91 Å². The number of carbonyl (C=O) groups excluding carboxylic acids is 1. The Morgan fingerprint density at radius 2 is 2.25 bits per heavy atom. The van der Waals surface area contributed by atoms with Gasteiger partial charge < -0.3 is 10.6 Å². The minimum Gasteiger partial charge on any atom is -0.365 e. The fraction of sp³-hybridized carbons (Fsp3) is 0.231. The molecule has 4 nitrogen and oxygen atoms in total. The minimum absolute atomic E-state index is 0.0542. The zero-order valence-corrected chi connectivity index (χ0v) is 12.9. The molecule has 2 aromatic rings. The van der Waals surface area contributed by atoms with Crippen LogP contribution in [0.15, 0.2) is 18.2 Å². The van der Waals surface area contributed by atoms with E-state index in [1.165, 1.54) is 11.3 Å². The smallest absolute Gasteiger partial charge is 0.226 e. The number of halogens is 2. The summed E-state index contributed by atoms with van der Waals surface area (Å²) in [5.74, 6) is 0.483. The van der Waals surface area contributed by atoms with E-state index < -0.39 is 0 Å². The number of rotatable bonds is 2. The van der Waals surface area contributed by atoms with Gasteiger partial charge in [0, 0.05) is 29.4 Å². The van der Waals surface area contributed by atoms with Crippen molar-refractivity contribution in [1.29, 1.82) is 0 Å². The van der Waals surface area contributed by atoms with Gasteiger partial charge in [0.15, 0.2) is 5.13 Å². The molecule has 0 saturated heterocycles. The van der Waals surface area contributed by atoms with E-state index in [2.05, 4.69) is 15.6 Å². The van der Waals surface area contributed by atoms with Crippen molar-refractivity contribution in [3.63, 3.8) is 0 Å². The number of fused-ring (bicyclic) bond motifs is 1. The average Bonchev–Trinajstić information content (AvgIpc) is 2.81. The molecular formula is C13H11Cl2N3OS. The maximum Gasteiger partial charge on any atom is 0.226 e. The Morgan fingerprint density at radius 3 is 2.95 bits per heavy atom. The molecule has 0 spiro atoms. The summed E-state index contributed by atoms with van der Waals surface area (Å²) in [4.78, 5) is 17.2. The molecule has 1 aliphatic heterocycles. The molecule has 0 fully saturated rings. The number of benzene rings is 1. The van der Waals surface area contributed by atoms with Crippen LogP contribution >= 0.6 is 34.5 Å². The van der Waals surface area contributed by atoms with Gasteiger partial charge in [-0.2, -0.15) is 0 Å². The van der Waals surface area contributed by atoms with Crippen LogP contribution in [-0.4, -0.2) is 17.9 Å². The topological polar surface area (TPSA) is 54.0 Å². The van der Waals surface area contributed by atoms with Crippen LogP contribution in [0.1, 0.15) is 22.8 Å². The van der Waals surface area contributed by atoms with Gasteiger partial charge in [0.1, 0.15) is 5.82 Å². The summed E-state index contributed by atoms with van der Waals surface area (Å²) in [5.41, 5.74) is 0.901. The van der Waals surface area contributed by atoms with E-state index in [9.17, 15) is 4.79 Å². The van der Waals surface area contributed by atoms with Gasteiger partial charge in [-0.3, -0.25) is 4.79 Å². The quantitative estimate of drug-likeness (QED) is 0.877. The molecular weight excluding hydrogens is 317 g/mol. The number of anilines is 2. The molecule has 0 radical (unpaired) electrons. The predicted molar refractivity (Wildman–Crippen MR) is 83.2 cm³/mol. The first-order valence-corrected chi connectivity index (χ1v) is 7.59. The molecule has 1 amide bonds. The van der Waals surface area contributed by atoms with E-state index in [1.807, 2.05) is 6.07 Å². The van der Waals surface area contributed by atoms with Crippen molar-refractivity contribution in [2.75, 3.05) is 17.7 Å². The van der Waals surface area contributed by atoms with E-state index in [4.69, 9.17) is 23.2 Å². The lowest BCUT2D eigenvalue weighted by atomic mass is 9.91. The van der Waals surface area contributed by atoms with Crippen LogP contribution in [0.3, 0.4) is 0 Å². The van der Waals surface area contributed by atoms with Gasteiger partial charge in [0.25, 0.3) is 0 Å². The summed E-state index contributed by atoms with van der Waals surface area (Å²) < 4.78 is 0. The SMILES string of the molecule is CNc1nc2c(s1)[C@@H](c1ccc(Cl)cc1Cl)CC(=O)N2. The van der Waals surface area contributed by atoms with Crippen molar-refractivity contribution >= 4 is 51.4 Å². The molecule has 104 valence electrons. The third-order valence-corrected chi connectivity index (χ3v) is 4.92. The highest BCUT2D eigenvalue weighted by Gasteiger charge is 2.31. The van der Waals surface area contributed by atoms with Gasteiger partial charge in [-0.05, 0) is 17.7 Å². The zero-order valence-electron chi connectivity index (χ0n) is 10.5. The summed E-state index contributed by atoms with van der Waals surface area (Å²) >= 11 is 13.7. The van der Waals surface area contributed by atoms with Crippen LogP contribution in [-0.2, 0) is 4.79 Å². The Morgan fingerprint density at radius 1 is 1.45 bits per heavy atom. The van der Waals surface area contributed by atoms with E-state index in [0.717, 1.165) is 15.6 Å². The number of carbonyl (C=O) groups is 1. The lowest BCUT2D eigenvalue weighted by Gasteiger charge is -2.22. The first kappa shape index (κ1) is 13.7. The molecule has 20 heavy (non-hydrogen) atoms. The third kappa shape index (κ3) is 2.37. The Balaban J connectivity index is 2.10. The summed E-state index contributed by atoms with van der Waals surface area (Å²) in [6.45, 7) is 0. The molecule has 1 aromatic heterocycles. The summed E-state index contributed by atoms with van der Waals surface area (Å²) in [7, 11) is 1.80. The van der Waals surface area contributed by atoms with Gasteiger partial charge in [0.05, 0.1) is 4.88 Å². The number of amides is 1. The van der Waals surface area contributed by atoms with Crippen molar-refractivity contribution in [3.05, 3.63) is 38.7 Å². The number of thiazole rings is 1. The number of hydrogen-bond donors (Lipinski definition) is 2. The maximum absolute atomic E-state index is 11.8. The largest absolute Gasteiger partial charge is 0.365 e. The fourth-order valence-corrected chi connectivity index (χ4v) is 3.79. The Kier molecular flexibility index (Phi) is 3.58. The Hall–Kier alpha value is -1.30. The number of aromatic nitrogens is 1. The fourth-order valence-electron chi connectivity index (χ4n) is 2.26. The van der Waals surface area contributed by atoms with Crippen LogP contribution in [0, 0.1) is 0 Å². The summed E-state index contributed by atoms with van der Waals surface area (Å²) in [5, 5.41) is 7.72. The molecule has 3 rings (SSSR count). The van der Waals surface area contributed by atoms with Crippen molar-refractivity contribution in [1.82, 2.24) is 4.98 Å². The van der Waals surface area contributed by atoms with Crippen LogP contribution in [0.2, 0.25) is 10.0 Å². The minimum atomic E-state index is -0.0804. The van der Waals surface area contributed by atoms with Crippen LogP contribution < -0.4 is 10.6 Å². The lowest BCUT2D eigenvalue weighted by molar-refractivity contribution is -0.116. The van der Waals surface area contributed by atoms with E-state index in [-0.39, 0.29) is 11.8 Å². The monoisotopic (exact) mass is 327 g/mol. The molecule has 0 saturated carbocycles.